The third-order valence-corrected chi connectivity index (χ3v) is 3.50. The van der Waals surface area contributed by atoms with Crippen LogP contribution in [0.1, 0.15) is 36.8 Å². The summed E-state index contributed by atoms with van der Waals surface area (Å²) >= 11 is 0. The fourth-order valence-corrected chi connectivity index (χ4v) is 2.70. The quantitative estimate of drug-likeness (QED) is 0.892. The van der Waals surface area contributed by atoms with Crippen LogP contribution in [0, 0.1) is 19.8 Å². The maximum atomic E-state index is 11.2. The number of ether oxygens (including phenoxy) is 1. The first kappa shape index (κ1) is 12.9. The molecule has 0 aliphatic heterocycles. The van der Waals surface area contributed by atoms with Crippen LogP contribution < -0.4 is 4.74 Å². The zero-order valence-electron chi connectivity index (χ0n) is 11.0. The summed E-state index contributed by atoms with van der Waals surface area (Å²) in [6, 6.07) is 6.03. The van der Waals surface area contributed by atoms with Gasteiger partial charge >= 0.3 is 5.97 Å². The molecule has 0 bridgehead atoms. The molecule has 1 saturated carbocycles. The normalized spacial score (nSPS) is 23.7. The van der Waals surface area contributed by atoms with Crippen molar-refractivity contribution in [2.75, 3.05) is 0 Å². The molecule has 1 N–H and O–H groups in total. The maximum Gasteiger partial charge on any atom is 0.310 e. The van der Waals surface area contributed by atoms with E-state index in [1.165, 1.54) is 0 Å². The van der Waals surface area contributed by atoms with Gasteiger partial charge in [-0.15, -0.1) is 0 Å². The Balaban J connectivity index is 2.13. The number of hydrogen-bond acceptors (Lipinski definition) is 2. The predicted octanol–water partition coefficient (Wildman–Crippen LogP) is 3.33. The molecule has 3 heteroatoms. The van der Waals surface area contributed by atoms with Crippen LogP contribution in [0.15, 0.2) is 18.2 Å². The predicted molar refractivity (Wildman–Crippen MR) is 69.9 cm³/mol. The molecule has 0 aromatic heterocycles. The highest BCUT2D eigenvalue weighted by molar-refractivity contribution is 5.70. The molecule has 1 aliphatic carbocycles. The first-order chi connectivity index (χ1) is 8.56. The topological polar surface area (TPSA) is 46.5 Å². The Morgan fingerprint density at radius 2 is 1.78 bits per heavy atom. The van der Waals surface area contributed by atoms with Crippen LogP contribution in [0.25, 0.3) is 0 Å². The number of aryl methyl sites for hydroxylation is 2. The molecule has 1 aromatic carbocycles. The van der Waals surface area contributed by atoms with Gasteiger partial charge in [-0.3, -0.25) is 4.79 Å². The second-order valence-electron chi connectivity index (χ2n) is 5.21. The smallest absolute Gasteiger partial charge is 0.310 e. The zero-order valence-corrected chi connectivity index (χ0v) is 11.0. The van der Waals surface area contributed by atoms with Crippen molar-refractivity contribution in [2.45, 2.75) is 45.6 Å². The van der Waals surface area contributed by atoms with Gasteiger partial charge in [-0.05, 0) is 56.4 Å². The van der Waals surface area contributed by atoms with E-state index in [0.29, 0.717) is 0 Å². The van der Waals surface area contributed by atoms with E-state index in [2.05, 4.69) is 6.07 Å². The highest BCUT2D eigenvalue weighted by atomic mass is 16.5. The summed E-state index contributed by atoms with van der Waals surface area (Å²) in [6.07, 6.45) is 3.43. The van der Waals surface area contributed by atoms with Gasteiger partial charge < -0.3 is 9.84 Å². The van der Waals surface area contributed by atoms with E-state index in [-0.39, 0.29) is 12.0 Å². The van der Waals surface area contributed by atoms with Crippen LogP contribution in [-0.4, -0.2) is 17.2 Å². The van der Waals surface area contributed by atoms with Crippen LogP contribution in [0.4, 0.5) is 0 Å². The Morgan fingerprint density at radius 1 is 1.17 bits per heavy atom. The lowest BCUT2D eigenvalue weighted by molar-refractivity contribution is -0.146. The van der Waals surface area contributed by atoms with Crippen molar-refractivity contribution in [3.63, 3.8) is 0 Å². The molecule has 2 rings (SSSR count). The van der Waals surface area contributed by atoms with E-state index in [1.807, 2.05) is 26.0 Å². The van der Waals surface area contributed by atoms with Crippen LogP contribution in [-0.2, 0) is 4.79 Å². The minimum absolute atomic E-state index is 0.183. The number of aliphatic carboxylic acids is 1. The van der Waals surface area contributed by atoms with Gasteiger partial charge in [0.25, 0.3) is 0 Å². The molecule has 98 valence electrons. The highest BCUT2D eigenvalue weighted by Crippen LogP contribution is 2.29. The molecule has 18 heavy (non-hydrogen) atoms. The van der Waals surface area contributed by atoms with E-state index >= 15 is 0 Å². The number of carboxylic acid groups (broad SMARTS) is 1. The third kappa shape index (κ3) is 3.03. The van der Waals surface area contributed by atoms with Crippen molar-refractivity contribution in [3.8, 4) is 5.75 Å². The number of hydrogen-bond donors (Lipinski definition) is 1. The molecule has 2 unspecified atom stereocenters. The van der Waals surface area contributed by atoms with Crippen LogP contribution >= 0.6 is 0 Å². The van der Waals surface area contributed by atoms with E-state index in [0.717, 1.165) is 42.6 Å². The molecule has 0 amide bonds. The molecule has 0 radical (unpaired) electrons. The lowest BCUT2D eigenvalue weighted by Crippen LogP contribution is -2.35. The molecule has 0 spiro atoms. The maximum absolute atomic E-state index is 11.2. The Hall–Kier alpha value is -1.51. The summed E-state index contributed by atoms with van der Waals surface area (Å²) in [5.41, 5.74) is 2.29. The lowest BCUT2D eigenvalue weighted by Gasteiger charge is -2.29. The van der Waals surface area contributed by atoms with Gasteiger partial charge in [0.15, 0.2) is 0 Å². The van der Waals surface area contributed by atoms with Gasteiger partial charge in [0, 0.05) is 0 Å². The molecule has 0 heterocycles. The van der Waals surface area contributed by atoms with Crippen molar-refractivity contribution in [1.82, 2.24) is 0 Å². The second-order valence-corrected chi connectivity index (χ2v) is 5.21. The van der Waals surface area contributed by atoms with Gasteiger partial charge in [0.05, 0.1) is 5.92 Å². The molecule has 1 fully saturated rings. The van der Waals surface area contributed by atoms with Gasteiger partial charge in [-0.1, -0.05) is 12.5 Å². The SMILES string of the molecule is Cc1cc(C)cc(OC2CCCCC2C(=O)O)c1. The Kier molecular flexibility index (Phi) is 3.90. The van der Waals surface area contributed by atoms with Crippen LogP contribution in [0.2, 0.25) is 0 Å². The van der Waals surface area contributed by atoms with E-state index in [9.17, 15) is 9.90 Å². The summed E-state index contributed by atoms with van der Waals surface area (Å²) in [6.45, 7) is 4.05. The molecule has 1 aromatic rings. The van der Waals surface area contributed by atoms with Crippen molar-refractivity contribution >= 4 is 5.97 Å². The van der Waals surface area contributed by atoms with Crippen molar-refractivity contribution in [1.29, 1.82) is 0 Å². The number of benzene rings is 1. The van der Waals surface area contributed by atoms with E-state index in [4.69, 9.17) is 4.74 Å². The van der Waals surface area contributed by atoms with Gasteiger partial charge in [-0.2, -0.15) is 0 Å². The molecular weight excluding hydrogens is 228 g/mol. The summed E-state index contributed by atoms with van der Waals surface area (Å²) < 4.78 is 5.91. The number of carbonyl (C=O) groups is 1. The molecule has 3 nitrogen and oxygen atoms in total. The second kappa shape index (κ2) is 5.42. The van der Waals surface area contributed by atoms with E-state index in [1.54, 1.807) is 0 Å². The average Bonchev–Trinajstić information content (AvgIpc) is 2.27. The average molecular weight is 248 g/mol. The molecule has 0 saturated heterocycles. The largest absolute Gasteiger partial charge is 0.490 e. The van der Waals surface area contributed by atoms with Gasteiger partial charge in [0.1, 0.15) is 11.9 Å². The fraction of sp³-hybridized carbons (Fsp3) is 0.533. The molecule has 1 aliphatic rings. The van der Waals surface area contributed by atoms with Crippen molar-refractivity contribution in [2.24, 2.45) is 5.92 Å². The summed E-state index contributed by atoms with van der Waals surface area (Å²) in [5.74, 6) is -0.297. The Bertz CT molecular complexity index is 419. The Morgan fingerprint density at radius 3 is 2.39 bits per heavy atom. The molecule has 2 atom stereocenters. The standard InChI is InChI=1S/C15H20O3/c1-10-7-11(2)9-12(8-10)18-14-6-4-3-5-13(14)15(16)17/h7-9,13-14H,3-6H2,1-2H3,(H,16,17). The Labute approximate surface area is 108 Å². The summed E-state index contributed by atoms with van der Waals surface area (Å²) in [7, 11) is 0. The summed E-state index contributed by atoms with van der Waals surface area (Å²) in [4.78, 5) is 11.2. The van der Waals surface area contributed by atoms with Crippen molar-refractivity contribution < 1.29 is 14.6 Å². The molecular formula is C15H20O3. The van der Waals surface area contributed by atoms with Gasteiger partial charge in [0.2, 0.25) is 0 Å². The number of carboxylic acids is 1. The first-order valence-corrected chi connectivity index (χ1v) is 6.54. The van der Waals surface area contributed by atoms with Crippen molar-refractivity contribution in [3.05, 3.63) is 29.3 Å². The highest BCUT2D eigenvalue weighted by Gasteiger charge is 2.32. The first-order valence-electron chi connectivity index (χ1n) is 6.54. The van der Waals surface area contributed by atoms with Gasteiger partial charge in [-0.25, -0.2) is 0 Å². The minimum atomic E-state index is -0.732. The lowest BCUT2D eigenvalue weighted by atomic mass is 9.86. The minimum Gasteiger partial charge on any atom is -0.490 e. The fourth-order valence-electron chi connectivity index (χ4n) is 2.70. The third-order valence-electron chi connectivity index (χ3n) is 3.50. The summed E-state index contributed by atoms with van der Waals surface area (Å²) in [5, 5.41) is 9.22. The zero-order chi connectivity index (χ0) is 13.1. The van der Waals surface area contributed by atoms with E-state index < -0.39 is 5.97 Å². The van der Waals surface area contributed by atoms with Crippen LogP contribution in [0.3, 0.4) is 0 Å². The van der Waals surface area contributed by atoms with Crippen LogP contribution in [0.5, 0.6) is 5.75 Å². The monoisotopic (exact) mass is 248 g/mol. The number of rotatable bonds is 3.